The average molecular weight is 907 g/mol. The molecule has 6 heterocycles. The van der Waals surface area contributed by atoms with Gasteiger partial charge in [0.2, 0.25) is 11.8 Å². The number of fused-ring (bicyclic) bond motifs is 4. The Kier molecular flexibility index (Phi) is 12.8. The number of ketones is 1. The van der Waals surface area contributed by atoms with E-state index in [-0.39, 0.29) is 122 Å². The van der Waals surface area contributed by atoms with Gasteiger partial charge in [-0.15, -0.1) is 5.70 Å². The Labute approximate surface area is 366 Å². The van der Waals surface area contributed by atoms with Crippen LogP contribution in [0.25, 0.3) is 5.32 Å². The number of hydrogen-bond donors (Lipinski definition) is 7. The maximum absolute atomic E-state index is 14.2. The SMILES string of the molecule is C[C@@]12CC(=O)N[C@@]13C[C@@H]1N=C(C[C@H]4N=C5/C(=C6\[N-]/C(=C\C(=N3)[C@H]2CCC(=O)O)[C@@H](CC(=O)O)[C@@H]6CCC(=O)O)C(=O)CC[C@H]5[C@@H]4CC(=O)O)[C@@](C)(CC(N)=O)[C@@H]1CCC(=O)O.[Ni+2]. The molecule has 0 aromatic heterocycles. The number of carbonyl (C=O) groups excluding carboxylic acids is 3. The number of nitrogens with zero attached hydrogens (tertiary/aromatic N) is 4. The van der Waals surface area contributed by atoms with E-state index in [1.54, 1.807) is 13.0 Å². The van der Waals surface area contributed by atoms with E-state index in [4.69, 9.17) is 26.0 Å². The summed E-state index contributed by atoms with van der Waals surface area (Å²) in [5.41, 5.74) is 3.63. The Morgan fingerprint density at radius 2 is 1.50 bits per heavy atom. The molecule has 7 aliphatic rings. The number of carboxylic acid groups (broad SMARTS) is 5. The number of allylic oxidation sites excluding steroid dienone is 4. The molecule has 3 fully saturated rings. The summed E-state index contributed by atoms with van der Waals surface area (Å²) in [6, 6.07) is -1.58. The minimum absolute atomic E-state index is 0. The number of primary amides is 1. The molecular weight excluding hydrogens is 855 g/mol. The molecule has 1 spiro atoms. The van der Waals surface area contributed by atoms with Gasteiger partial charge in [0, 0.05) is 103 Å². The topological polar surface area (TPSA) is 327 Å². The molecule has 1 aliphatic carbocycles. The molecule has 19 nitrogen and oxygen atoms in total. The maximum Gasteiger partial charge on any atom is 2.00 e. The first-order valence-electron chi connectivity index (χ1n) is 20.8. The van der Waals surface area contributed by atoms with Gasteiger partial charge in [0.05, 0.1) is 24.9 Å². The molecule has 20 heteroatoms. The number of Topliss-reactive ketones (excluding diaryl/α,β-unsaturated/α-hetero) is 1. The molecule has 2 amide bonds. The van der Waals surface area contributed by atoms with Gasteiger partial charge < -0.3 is 41.9 Å². The van der Waals surface area contributed by atoms with Gasteiger partial charge in [-0.2, -0.15) is 5.70 Å². The van der Waals surface area contributed by atoms with E-state index in [0.29, 0.717) is 17.1 Å². The smallest absolute Gasteiger partial charge is 0.664 e. The molecule has 11 atom stereocenters. The van der Waals surface area contributed by atoms with Crippen LogP contribution in [0.2, 0.25) is 0 Å². The minimum Gasteiger partial charge on any atom is -0.664 e. The molecule has 8 N–H and O–H groups in total. The summed E-state index contributed by atoms with van der Waals surface area (Å²) in [6.45, 7) is 3.58. The van der Waals surface area contributed by atoms with Crippen molar-refractivity contribution in [2.24, 2.45) is 67.0 Å². The number of nitrogens with two attached hydrogens (primary N) is 1. The molecule has 0 aromatic rings. The summed E-state index contributed by atoms with van der Waals surface area (Å²) in [7, 11) is 0. The number of aliphatic imine (C=N–C) groups is 3. The van der Waals surface area contributed by atoms with Crippen molar-refractivity contribution in [3.63, 3.8) is 0 Å². The van der Waals surface area contributed by atoms with Crippen LogP contribution in [0.15, 0.2) is 38.0 Å². The number of nitrogens with one attached hydrogen (secondary N) is 1. The van der Waals surface area contributed by atoms with Crippen molar-refractivity contribution in [3.8, 4) is 0 Å². The molecule has 0 aromatic carbocycles. The van der Waals surface area contributed by atoms with Crippen LogP contribution < -0.4 is 11.1 Å². The summed E-state index contributed by atoms with van der Waals surface area (Å²) in [5.74, 6) is -11.6. The summed E-state index contributed by atoms with van der Waals surface area (Å²) >= 11 is 0. The van der Waals surface area contributed by atoms with Gasteiger partial charge in [-0.25, -0.2) is 0 Å². The van der Waals surface area contributed by atoms with E-state index in [1.165, 1.54) is 0 Å². The van der Waals surface area contributed by atoms with E-state index in [1.807, 2.05) is 6.92 Å². The zero-order valence-corrected chi connectivity index (χ0v) is 35.3. The van der Waals surface area contributed by atoms with Crippen LogP contribution in [-0.4, -0.2) is 108 Å². The van der Waals surface area contributed by atoms with Gasteiger partial charge >= 0.3 is 46.3 Å². The van der Waals surface area contributed by atoms with E-state index in [2.05, 4.69) is 5.32 Å². The van der Waals surface area contributed by atoms with Crippen LogP contribution in [-0.2, 0) is 54.8 Å². The Morgan fingerprint density at radius 3 is 2.13 bits per heavy atom. The number of rotatable bonds is 15. The summed E-state index contributed by atoms with van der Waals surface area (Å²) in [4.78, 5) is 118. The Bertz CT molecular complexity index is 2170. The number of carboxylic acids is 5. The van der Waals surface area contributed by atoms with Gasteiger partial charge in [-0.05, 0) is 43.4 Å². The fourth-order valence-corrected chi connectivity index (χ4v) is 12.0. The third kappa shape index (κ3) is 8.21. The average Bonchev–Trinajstić information content (AvgIpc) is 3.83. The van der Waals surface area contributed by atoms with E-state index in [0.717, 1.165) is 0 Å². The fourth-order valence-electron chi connectivity index (χ4n) is 12.0. The van der Waals surface area contributed by atoms with Crippen molar-refractivity contribution in [3.05, 3.63) is 28.4 Å². The van der Waals surface area contributed by atoms with Crippen molar-refractivity contribution in [2.45, 2.75) is 121 Å². The number of carbonyl (C=O) groups is 8. The number of amides is 2. The second kappa shape index (κ2) is 17.1. The first-order valence-corrected chi connectivity index (χ1v) is 20.8. The van der Waals surface area contributed by atoms with Crippen LogP contribution in [0.3, 0.4) is 0 Å². The Hall–Kier alpha value is -5.26. The first-order chi connectivity index (χ1) is 28.7. The van der Waals surface area contributed by atoms with Crippen LogP contribution in [0, 0.1) is 46.3 Å². The van der Waals surface area contributed by atoms with Gasteiger partial charge in [-0.1, -0.05) is 19.9 Å². The van der Waals surface area contributed by atoms with Crippen LogP contribution >= 0.6 is 0 Å². The van der Waals surface area contributed by atoms with E-state index < -0.39 is 113 Å². The second-order valence-electron chi connectivity index (χ2n) is 18.3. The third-order valence-electron chi connectivity index (χ3n) is 14.7. The largest absolute Gasteiger partial charge is 2.00 e. The second-order valence-corrected chi connectivity index (χ2v) is 18.3. The first kappa shape index (κ1) is 46.3. The maximum atomic E-state index is 14.2. The Balaban J connectivity index is 0.00000641. The predicted octanol–water partition coefficient (Wildman–Crippen LogP) is 3.11. The molecule has 1 saturated carbocycles. The van der Waals surface area contributed by atoms with Gasteiger partial charge in [-0.3, -0.25) is 53.3 Å². The predicted molar refractivity (Wildman–Crippen MR) is 213 cm³/mol. The summed E-state index contributed by atoms with van der Waals surface area (Å²) in [6.07, 6.45) is -0.455. The van der Waals surface area contributed by atoms with Crippen molar-refractivity contribution in [2.75, 3.05) is 0 Å². The molecule has 0 radical (unpaired) electrons. The monoisotopic (exact) mass is 905 g/mol. The summed E-state index contributed by atoms with van der Waals surface area (Å²) < 4.78 is 0. The normalized spacial score (nSPS) is 37.4. The molecule has 2 saturated heterocycles. The van der Waals surface area contributed by atoms with Gasteiger partial charge in [0.25, 0.3) is 0 Å². The molecule has 0 unspecified atom stereocenters. The zero-order valence-electron chi connectivity index (χ0n) is 34.3. The van der Waals surface area contributed by atoms with Crippen LogP contribution in [0.5, 0.6) is 0 Å². The van der Waals surface area contributed by atoms with Gasteiger partial charge in [0.1, 0.15) is 5.66 Å². The van der Waals surface area contributed by atoms with Crippen molar-refractivity contribution >= 4 is 64.6 Å². The van der Waals surface area contributed by atoms with E-state index >= 15 is 0 Å². The molecular formula is C42H51N6NiO13+. The van der Waals surface area contributed by atoms with Crippen LogP contribution in [0.1, 0.15) is 104 Å². The third-order valence-corrected chi connectivity index (χ3v) is 14.7. The van der Waals surface area contributed by atoms with E-state index in [9.17, 15) is 63.9 Å². The van der Waals surface area contributed by atoms with Gasteiger partial charge in [0.15, 0.2) is 5.78 Å². The molecule has 7 rings (SSSR count). The van der Waals surface area contributed by atoms with Crippen molar-refractivity contribution in [1.29, 1.82) is 0 Å². The quantitative estimate of drug-likeness (QED) is 0.116. The van der Waals surface area contributed by atoms with Crippen molar-refractivity contribution < 1.29 is 80.4 Å². The number of hydrogen-bond acceptors (Lipinski definition) is 11. The fraction of sp³-hybridized carbons (Fsp3) is 0.643. The molecule has 62 heavy (non-hydrogen) atoms. The van der Waals surface area contributed by atoms with Crippen molar-refractivity contribution in [1.82, 2.24) is 5.32 Å². The summed E-state index contributed by atoms with van der Waals surface area (Å²) in [5, 5.41) is 58.1. The standard InChI is InChI=1S/C42H52N6O13.Ni/c1-40(16-30(43)50)22(5-9-33(54)55)27-15-42-41(2,17-31(51)48-42)23(6-10-34(56)57)26(47-42)13-24-20(11-35(58)59)19(4-8-32(52)53)39(45-24)37-28(49)7-3-18-21(12-36(60)61)25(46-38(18)37)14-29(40)44-27;/h13,18-23,25,27H,3-12,14-17H2,1-2H3,(H9,43,45,46,47,48,49,50,51,52,53,54,55,56,57,58,59,60,61);/q;+2/p-1/t18-,19-,20-,21-,22+,23+,25+,27-,40-,41-,42-;/m0./s1. The number of aliphatic carboxylic acids is 5. The molecule has 6 aliphatic heterocycles. The van der Waals surface area contributed by atoms with Crippen LogP contribution in [0.4, 0.5) is 0 Å². The molecule has 8 bridgehead atoms. The zero-order chi connectivity index (χ0) is 44.3. The minimum atomic E-state index is -1.46. The Morgan fingerprint density at radius 1 is 0.855 bits per heavy atom. The molecule has 336 valence electrons.